The van der Waals surface area contributed by atoms with Gasteiger partial charge in [0.25, 0.3) is 0 Å². The predicted molar refractivity (Wildman–Crippen MR) is 123 cm³/mol. The highest BCUT2D eigenvalue weighted by Gasteiger charge is 2.43. The number of nitrogens with zero attached hydrogens (tertiary/aromatic N) is 1. The summed E-state index contributed by atoms with van der Waals surface area (Å²) in [6.45, 7) is 6.12. The van der Waals surface area contributed by atoms with Crippen molar-refractivity contribution in [1.29, 1.82) is 0 Å². The first kappa shape index (κ1) is 25.6. The minimum absolute atomic E-state index is 0.00489. The summed E-state index contributed by atoms with van der Waals surface area (Å²) in [5, 5.41) is 2.85. The van der Waals surface area contributed by atoms with Crippen LogP contribution in [0.5, 0.6) is 0 Å². The molecule has 0 saturated carbocycles. The molecule has 1 fully saturated rings. The van der Waals surface area contributed by atoms with Crippen molar-refractivity contribution >= 4 is 12.0 Å². The minimum atomic E-state index is -4.44. The van der Waals surface area contributed by atoms with Crippen LogP contribution >= 0.6 is 0 Å². The number of carbonyl (C=O) groups excluding carboxylic acids is 2. The molecule has 0 unspecified atom stereocenters. The second-order valence-corrected chi connectivity index (χ2v) is 9.79. The molecule has 2 aromatic rings. The van der Waals surface area contributed by atoms with E-state index in [0.29, 0.717) is 37.9 Å². The van der Waals surface area contributed by atoms with Crippen LogP contribution in [0.1, 0.15) is 50.3 Å². The molecule has 0 bridgehead atoms. The molecular formula is C26H31F3N2O3. The third-order valence-corrected chi connectivity index (χ3v) is 5.95. The summed E-state index contributed by atoms with van der Waals surface area (Å²) >= 11 is 0. The van der Waals surface area contributed by atoms with Gasteiger partial charge in [0.05, 0.1) is 11.0 Å². The van der Waals surface area contributed by atoms with E-state index >= 15 is 0 Å². The van der Waals surface area contributed by atoms with Crippen molar-refractivity contribution in [2.75, 3.05) is 13.1 Å². The number of hydrogen-bond donors (Lipinski definition) is 1. The molecular weight excluding hydrogens is 445 g/mol. The Morgan fingerprint density at radius 1 is 0.971 bits per heavy atom. The van der Waals surface area contributed by atoms with Crippen molar-refractivity contribution in [1.82, 2.24) is 10.2 Å². The van der Waals surface area contributed by atoms with Gasteiger partial charge in [0.2, 0.25) is 5.91 Å². The van der Waals surface area contributed by atoms with E-state index in [-0.39, 0.29) is 12.5 Å². The van der Waals surface area contributed by atoms with Gasteiger partial charge in [-0.1, -0.05) is 42.5 Å². The van der Waals surface area contributed by atoms with Crippen LogP contribution in [0.2, 0.25) is 0 Å². The summed E-state index contributed by atoms with van der Waals surface area (Å²) in [7, 11) is 0. The van der Waals surface area contributed by atoms with Crippen molar-refractivity contribution < 1.29 is 27.5 Å². The number of amides is 2. The third kappa shape index (κ3) is 6.74. The zero-order chi connectivity index (χ0) is 25.0. The standard InChI is InChI=1S/C26H31F3N2O3/c1-24(2,3)34-23(33)31-14-12-25(13-15-31,17-19-8-5-4-6-9-19)22(32)30-18-20-10-7-11-21(16-20)26(27,28)29/h4-11,16H,12-15,17-18H2,1-3H3,(H,30,32). The fourth-order valence-electron chi connectivity index (χ4n) is 4.14. The van der Waals surface area contributed by atoms with Gasteiger partial charge in [0.1, 0.15) is 5.60 Å². The Morgan fingerprint density at radius 3 is 2.18 bits per heavy atom. The molecule has 5 nitrogen and oxygen atoms in total. The molecule has 1 N–H and O–H groups in total. The molecule has 2 amide bonds. The summed E-state index contributed by atoms with van der Waals surface area (Å²) < 4.78 is 44.6. The molecule has 1 saturated heterocycles. The molecule has 1 aliphatic heterocycles. The average Bonchev–Trinajstić information content (AvgIpc) is 2.77. The largest absolute Gasteiger partial charge is 0.444 e. The smallest absolute Gasteiger partial charge is 0.416 e. The van der Waals surface area contributed by atoms with Gasteiger partial charge in [0, 0.05) is 19.6 Å². The molecule has 34 heavy (non-hydrogen) atoms. The van der Waals surface area contributed by atoms with Crippen LogP contribution in [0.15, 0.2) is 54.6 Å². The Bertz CT molecular complexity index is 992. The third-order valence-electron chi connectivity index (χ3n) is 5.95. The van der Waals surface area contributed by atoms with E-state index in [1.54, 1.807) is 31.7 Å². The van der Waals surface area contributed by atoms with E-state index in [1.807, 2.05) is 30.3 Å². The van der Waals surface area contributed by atoms with Crippen LogP contribution in [-0.2, 0) is 28.7 Å². The Labute approximate surface area is 198 Å². The molecule has 184 valence electrons. The van der Waals surface area contributed by atoms with Gasteiger partial charge in [-0.3, -0.25) is 4.79 Å². The average molecular weight is 477 g/mol. The number of rotatable bonds is 5. The van der Waals surface area contributed by atoms with Crippen LogP contribution in [0, 0.1) is 5.41 Å². The molecule has 3 rings (SSSR count). The molecule has 0 spiro atoms. The number of halogens is 3. The Hall–Kier alpha value is -3.03. The molecule has 8 heteroatoms. The zero-order valence-electron chi connectivity index (χ0n) is 19.7. The van der Waals surface area contributed by atoms with Crippen LogP contribution in [-0.4, -0.2) is 35.6 Å². The van der Waals surface area contributed by atoms with Gasteiger partial charge in [-0.05, 0) is 63.3 Å². The maximum absolute atomic E-state index is 13.4. The van der Waals surface area contributed by atoms with Crippen LogP contribution in [0.4, 0.5) is 18.0 Å². The van der Waals surface area contributed by atoms with Gasteiger partial charge < -0.3 is 15.0 Å². The van der Waals surface area contributed by atoms with Gasteiger partial charge in [-0.25, -0.2) is 4.79 Å². The number of benzene rings is 2. The monoisotopic (exact) mass is 476 g/mol. The lowest BCUT2D eigenvalue weighted by Crippen LogP contribution is -2.51. The Morgan fingerprint density at radius 2 is 1.59 bits per heavy atom. The molecule has 0 radical (unpaired) electrons. The van der Waals surface area contributed by atoms with Crippen molar-refractivity contribution in [3.63, 3.8) is 0 Å². The van der Waals surface area contributed by atoms with E-state index in [9.17, 15) is 22.8 Å². The minimum Gasteiger partial charge on any atom is -0.444 e. The summed E-state index contributed by atoms with van der Waals surface area (Å²) in [5.74, 6) is -0.224. The summed E-state index contributed by atoms with van der Waals surface area (Å²) in [6, 6.07) is 14.6. The van der Waals surface area contributed by atoms with Crippen molar-refractivity contribution in [2.24, 2.45) is 5.41 Å². The van der Waals surface area contributed by atoms with Gasteiger partial charge in [-0.2, -0.15) is 13.2 Å². The second kappa shape index (κ2) is 10.1. The van der Waals surface area contributed by atoms with E-state index in [4.69, 9.17) is 4.74 Å². The molecule has 1 aliphatic rings. The Balaban J connectivity index is 1.73. The van der Waals surface area contributed by atoms with Crippen molar-refractivity contribution in [3.05, 3.63) is 71.3 Å². The second-order valence-electron chi connectivity index (χ2n) is 9.79. The molecule has 1 heterocycles. The fourth-order valence-corrected chi connectivity index (χ4v) is 4.14. The van der Waals surface area contributed by atoms with E-state index in [1.165, 1.54) is 6.07 Å². The highest BCUT2D eigenvalue weighted by molar-refractivity contribution is 5.83. The quantitative estimate of drug-likeness (QED) is 0.613. The van der Waals surface area contributed by atoms with Crippen LogP contribution in [0.25, 0.3) is 0 Å². The Kier molecular flexibility index (Phi) is 7.58. The number of carbonyl (C=O) groups is 2. The molecule has 2 aromatic carbocycles. The number of ether oxygens (including phenoxy) is 1. The van der Waals surface area contributed by atoms with Crippen molar-refractivity contribution in [3.8, 4) is 0 Å². The number of likely N-dealkylation sites (tertiary alicyclic amines) is 1. The number of piperidine rings is 1. The normalized spacial score (nSPS) is 16.1. The first-order valence-corrected chi connectivity index (χ1v) is 11.3. The zero-order valence-corrected chi connectivity index (χ0v) is 19.7. The SMILES string of the molecule is CC(C)(C)OC(=O)N1CCC(Cc2ccccc2)(C(=O)NCc2cccc(C(F)(F)F)c2)CC1. The maximum Gasteiger partial charge on any atom is 0.416 e. The summed E-state index contributed by atoms with van der Waals surface area (Å²) in [5.41, 5.74) is -0.768. The van der Waals surface area contributed by atoms with E-state index in [0.717, 1.165) is 17.7 Å². The van der Waals surface area contributed by atoms with Crippen molar-refractivity contribution in [2.45, 2.75) is 58.4 Å². The fraction of sp³-hybridized carbons (Fsp3) is 0.462. The predicted octanol–water partition coefficient (Wildman–Crippen LogP) is 5.58. The molecule has 0 aromatic heterocycles. The topological polar surface area (TPSA) is 58.6 Å². The molecule has 0 aliphatic carbocycles. The number of alkyl halides is 3. The van der Waals surface area contributed by atoms with Gasteiger partial charge in [-0.15, -0.1) is 0 Å². The van der Waals surface area contributed by atoms with Gasteiger partial charge in [0.15, 0.2) is 0 Å². The van der Waals surface area contributed by atoms with E-state index in [2.05, 4.69) is 5.32 Å². The summed E-state index contributed by atoms with van der Waals surface area (Å²) in [6.07, 6.45) is -3.52. The lowest BCUT2D eigenvalue weighted by molar-refractivity contribution is -0.137. The van der Waals surface area contributed by atoms with Crippen LogP contribution in [0.3, 0.4) is 0 Å². The first-order valence-electron chi connectivity index (χ1n) is 11.3. The first-order chi connectivity index (χ1) is 15.9. The van der Waals surface area contributed by atoms with E-state index < -0.39 is 28.8 Å². The lowest BCUT2D eigenvalue weighted by atomic mass is 9.73. The number of hydrogen-bond acceptors (Lipinski definition) is 3. The highest BCUT2D eigenvalue weighted by Crippen LogP contribution is 2.36. The summed E-state index contributed by atoms with van der Waals surface area (Å²) in [4.78, 5) is 27.5. The van der Waals surface area contributed by atoms with Crippen LogP contribution < -0.4 is 5.32 Å². The molecule has 0 atom stereocenters. The van der Waals surface area contributed by atoms with Gasteiger partial charge >= 0.3 is 12.3 Å². The number of nitrogens with one attached hydrogen (secondary N) is 1. The maximum atomic E-state index is 13.4. The highest BCUT2D eigenvalue weighted by atomic mass is 19.4. The lowest BCUT2D eigenvalue weighted by Gasteiger charge is -2.41.